The summed E-state index contributed by atoms with van der Waals surface area (Å²) in [4.78, 5) is 31.9. The van der Waals surface area contributed by atoms with Crippen LogP contribution in [0.3, 0.4) is 0 Å². The number of primary amides is 1. The molecule has 0 aromatic rings. The summed E-state index contributed by atoms with van der Waals surface area (Å²) in [6, 6.07) is -2.65. The largest absolute Gasteiger partial charge is 0.480 e. The van der Waals surface area contributed by atoms with Crippen molar-refractivity contribution in [3.05, 3.63) is 0 Å². The first-order valence-electron chi connectivity index (χ1n) is 4.06. The molecule has 0 fully saturated rings. The van der Waals surface area contributed by atoms with Gasteiger partial charge in [0.2, 0.25) is 11.8 Å². The van der Waals surface area contributed by atoms with Gasteiger partial charge < -0.3 is 27.0 Å². The number of hydrogen-bond donors (Lipinski definition) is 5. The molecule has 8 heteroatoms. The van der Waals surface area contributed by atoms with Gasteiger partial charge in [0.25, 0.3) is 0 Å². The summed E-state index contributed by atoms with van der Waals surface area (Å²) in [5.41, 5.74) is 10.0. The average Bonchev–Trinajstić information content (AvgIpc) is 2.11. The number of hydrogen-bond acceptors (Lipinski definition) is 5. The van der Waals surface area contributed by atoms with Crippen molar-refractivity contribution >= 4 is 17.8 Å². The summed E-state index contributed by atoms with van der Waals surface area (Å²) >= 11 is 0. The molecule has 2 amide bonds. The second-order valence-electron chi connectivity index (χ2n) is 2.86. The van der Waals surface area contributed by atoms with Crippen LogP contribution in [0.1, 0.15) is 6.42 Å². The van der Waals surface area contributed by atoms with Gasteiger partial charge in [-0.3, -0.25) is 9.59 Å². The van der Waals surface area contributed by atoms with Crippen molar-refractivity contribution in [3.8, 4) is 0 Å². The maximum atomic E-state index is 11.1. The predicted octanol–water partition coefficient (Wildman–Crippen LogP) is -3.25. The number of aliphatic hydroxyl groups excluding tert-OH is 1. The molecule has 0 aliphatic heterocycles. The standard InChI is InChI=1S/C7H13N3O5/c8-3(1-5(9)12)6(13)10-4(2-11)7(14)15/h3-4,11H,1-2,8H2,(H2,9,12)(H,10,13)(H,14,15)/t3?,4-/m0/s1. The van der Waals surface area contributed by atoms with E-state index in [1.807, 2.05) is 5.32 Å². The van der Waals surface area contributed by atoms with Gasteiger partial charge in [0.15, 0.2) is 0 Å². The van der Waals surface area contributed by atoms with Crippen molar-refractivity contribution in [3.63, 3.8) is 0 Å². The highest BCUT2D eigenvalue weighted by Crippen LogP contribution is 1.90. The summed E-state index contributed by atoms with van der Waals surface area (Å²) in [5, 5.41) is 19.0. The number of carboxylic acids is 1. The molecule has 0 spiro atoms. The van der Waals surface area contributed by atoms with Gasteiger partial charge in [-0.25, -0.2) is 4.79 Å². The Hall–Kier alpha value is -1.67. The van der Waals surface area contributed by atoms with Crippen molar-refractivity contribution in [1.82, 2.24) is 5.32 Å². The van der Waals surface area contributed by atoms with Crippen LogP contribution in [0.2, 0.25) is 0 Å². The number of nitrogens with two attached hydrogens (primary N) is 2. The fourth-order valence-electron chi connectivity index (χ4n) is 0.774. The number of aliphatic hydroxyl groups is 1. The van der Waals surface area contributed by atoms with Gasteiger partial charge in [-0.05, 0) is 0 Å². The van der Waals surface area contributed by atoms with E-state index in [4.69, 9.17) is 21.7 Å². The lowest BCUT2D eigenvalue weighted by Crippen LogP contribution is -2.50. The van der Waals surface area contributed by atoms with Crippen molar-refractivity contribution in [2.45, 2.75) is 18.5 Å². The van der Waals surface area contributed by atoms with E-state index in [1.165, 1.54) is 0 Å². The average molecular weight is 219 g/mol. The smallest absolute Gasteiger partial charge is 0.328 e. The highest BCUT2D eigenvalue weighted by atomic mass is 16.4. The molecule has 0 aliphatic carbocycles. The molecule has 0 bridgehead atoms. The van der Waals surface area contributed by atoms with Gasteiger partial charge in [0, 0.05) is 0 Å². The maximum Gasteiger partial charge on any atom is 0.328 e. The van der Waals surface area contributed by atoms with Crippen molar-refractivity contribution in [2.75, 3.05) is 6.61 Å². The summed E-state index contributed by atoms with van der Waals surface area (Å²) in [6.45, 7) is -0.760. The summed E-state index contributed by atoms with van der Waals surface area (Å²) < 4.78 is 0. The zero-order chi connectivity index (χ0) is 12.0. The second kappa shape index (κ2) is 5.94. The molecule has 0 heterocycles. The minimum absolute atomic E-state index is 0.385. The first kappa shape index (κ1) is 13.3. The Balaban J connectivity index is 4.21. The molecule has 0 saturated carbocycles. The molecule has 1 unspecified atom stereocenters. The molecule has 7 N–H and O–H groups in total. The molecule has 0 aromatic heterocycles. The van der Waals surface area contributed by atoms with Gasteiger partial charge >= 0.3 is 5.97 Å². The molecule has 86 valence electrons. The summed E-state index contributed by atoms with van der Waals surface area (Å²) in [7, 11) is 0. The number of amides is 2. The first-order valence-corrected chi connectivity index (χ1v) is 4.06. The lowest BCUT2D eigenvalue weighted by molar-refractivity contribution is -0.143. The molecule has 0 rings (SSSR count). The topological polar surface area (TPSA) is 156 Å². The molecule has 15 heavy (non-hydrogen) atoms. The minimum atomic E-state index is -1.43. The molecule has 2 atom stereocenters. The fourth-order valence-corrected chi connectivity index (χ4v) is 0.774. The number of aliphatic carboxylic acids is 1. The monoisotopic (exact) mass is 219 g/mol. The van der Waals surface area contributed by atoms with Gasteiger partial charge in [0.1, 0.15) is 6.04 Å². The van der Waals surface area contributed by atoms with E-state index >= 15 is 0 Å². The van der Waals surface area contributed by atoms with Crippen LogP contribution in [0.15, 0.2) is 0 Å². The molecule has 8 nitrogen and oxygen atoms in total. The van der Waals surface area contributed by atoms with Crippen LogP contribution in [0.25, 0.3) is 0 Å². The molecular weight excluding hydrogens is 206 g/mol. The van der Waals surface area contributed by atoms with E-state index in [0.717, 1.165) is 0 Å². The van der Waals surface area contributed by atoms with Crippen molar-refractivity contribution < 1.29 is 24.6 Å². The Morgan fingerprint density at radius 2 is 1.87 bits per heavy atom. The third kappa shape index (κ3) is 4.93. The molecule has 0 aliphatic rings. The highest BCUT2D eigenvalue weighted by Gasteiger charge is 2.23. The van der Waals surface area contributed by atoms with Crippen LogP contribution < -0.4 is 16.8 Å². The lowest BCUT2D eigenvalue weighted by Gasteiger charge is -2.14. The Labute approximate surface area is 85.2 Å². The Kier molecular flexibility index (Phi) is 5.27. The summed E-state index contributed by atoms with van der Waals surface area (Å²) in [5.74, 6) is -3.01. The van der Waals surface area contributed by atoms with Crippen LogP contribution in [-0.2, 0) is 14.4 Å². The lowest BCUT2D eigenvalue weighted by atomic mass is 10.2. The highest BCUT2D eigenvalue weighted by molar-refractivity contribution is 5.90. The van der Waals surface area contributed by atoms with Crippen molar-refractivity contribution in [1.29, 1.82) is 0 Å². The predicted molar refractivity (Wildman–Crippen MR) is 48.4 cm³/mol. The van der Waals surface area contributed by atoms with E-state index in [-0.39, 0.29) is 6.42 Å². The molecular formula is C7H13N3O5. The number of carbonyl (C=O) groups is 3. The minimum Gasteiger partial charge on any atom is -0.480 e. The number of rotatable bonds is 6. The van der Waals surface area contributed by atoms with Gasteiger partial charge in [-0.1, -0.05) is 0 Å². The first-order chi connectivity index (χ1) is 6.88. The second-order valence-corrected chi connectivity index (χ2v) is 2.86. The van der Waals surface area contributed by atoms with Crippen LogP contribution in [-0.4, -0.2) is 46.7 Å². The molecule has 0 saturated heterocycles. The van der Waals surface area contributed by atoms with Crippen LogP contribution in [0.5, 0.6) is 0 Å². The van der Waals surface area contributed by atoms with Gasteiger partial charge in [-0.2, -0.15) is 0 Å². The van der Waals surface area contributed by atoms with E-state index in [0.29, 0.717) is 0 Å². The zero-order valence-electron chi connectivity index (χ0n) is 7.84. The van der Waals surface area contributed by atoms with E-state index in [2.05, 4.69) is 0 Å². The molecule has 0 radical (unpaired) electrons. The Morgan fingerprint density at radius 3 is 2.20 bits per heavy atom. The van der Waals surface area contributed by atoms with Crippen LogP contribution in [0.4, 0.5) is 0 Å². The maximum absolute atomic E-state index is 11.1. The normalized spacial score (nSPS) is 14.0. The van der Waals surface area contributed by atoms with Crippen LogP contribution >= 0.6 is 0 Å². The Morgan fingerprint density at radius 1 is 1.33 bits per heavy atom. The summed E-state index contributed by atoms with van der Waals surface area (Å²) in [6.07, 6.45) is -0.385. The number of carboxylic acid groups (broad SMARTS) is 1. The third-order valence-electron chi connectivity index (χ3n) is 1.56. The van der Waals surface area contributed by atoms with E-state index < -0.39 is 36.5 Å². The Bertz CT molecular complexity index is 267. The number of carbonyl (C=O) groups excluding carboxylic acids is 2. The van der Waals surface area contributed by atoms with E-state index in [1.54, 1.807) is 0 Å². The number of nitrogens with one attached hydrogen (secondary N) is 1. The fraction of sp³-hybridized carbons (Fsp3) is 0.571. The third-order valence-corrected chi connectivity index (χ3v) is 1.56. The quantitative estimate of drug-likeness (QED) is 0.316. The van der Waals surface area contributed by atoms with Gasteiger partial charge in [0.05, 0.1) is 19.1 Å². The SMILES string of the molecule is NC(=O)CC(N)C(=O)N[C@@H](CO)C(=O)O. The zero-order valence-corrected chi connectivity index (χ0v) is 7.84. The van der Waals surface area contributed by atoms with Gasteiger partial charge in [-0.15, -0.1) is 0 Å². The molecule has 0 aromatic carbocycles. The van der Waals surface area contributed by atoms with Crippen LogP contribution in [0, 0.1) is 0 Å². The van der Waals surface area contributed by atoms with E-state index in [9.17, 15) is 14.4 Å². The van der Waals surface area contributed by atoms with Crippen molar-refractivity contribution in [2.24, 2.45) is 11.5 Å².